The van der Waals surface area contributed by atoms with E-state index in [0.29, 0.717) is 17.1 Å². The molecule has 1 N–H and O–H groups in total. The third-order valence-corrected chi connectivity index (χ3v) is 4.93. The zero-order valence-corrected chi connectivity index (χ0v) is 9.87. The SMILES string of the molecule is Clc1cc2c(cn1)[C@H]1[C@@H](CC2)[C@@H]2CC[C@H]1N2. The van der Waals surface area contributed by atoms with Gasteiger partial charge in [-0.2, -0.15) is 0 Å². The molecule has 2 nitrogen and oxygen atoms in total. The van der Waals surface area contributed by atoms with Gasteiger partial charge in [0.05, 0.1) is 0 Å². The molecule has 2 fully saturated rings. The molecule has 4 rings (SSSR count). The van der Waals surface area contributed by atoms with Crippen LogP contribution in [0.2, 0.25) is 5.15 Å². The van der Waals surface area contributed by atoms with Crippen LogP contribution in [0, 0.1) is 5.92 Å². The van der Waals surface area contributed by atoms with Crippen molar-refractivity contribution < 1.29 is 0 Å². The summed E-state index contributed by atoms with van der Waals surface area (Å²) in [6, 6.07) is 3.55. The first kappa shape index (κ1) is 9.43. The first-order valence-corrected chi connectivity index (χ1v) is 6.61. The Labute approximate surface area is 100 Å². The molecule has 1 aromatic heterocycles. The van der Waals surface area contributed by atoms with Crippen molar-refractivity contribution in [1.82, 2.24) is 10.3 Å². The van der Waals surface area contributed by atoms with Gasteiger partial charge in [-0.15, -0.1) is 0 Å². The average Bonchev–Trinajstić information content (AvgIpc) is 2.89. The van der Waals surface area contributed by atoms with Crippen molar-refractivity contribution >= 4 is 11.6 Å². The quantitative estimate of drug-likeness (QED) is 0.698. The van der Waals surface area contributed by atoms with E-state index in [1.165, 1.54) is 36.8 Å². The lowest BCUT2D eigenvalue weighted by Gasteiger charge is -2.35. The lowest BCUT2D eigenvalue weighted by Crippen LogP contribution is -2.30. The van der Waals surface area contributed by atoms with Crippen LogP contribution in [0.3, 0.4) is 0 Å². The Morgan fingerprint density at radius 3 is 3.06 bits per heavy atom. The summed E-state index contributed by atoms with van der Waals surface area (Å²) in [6.45, 7) is 0. The van der Waals surface area contributed by atoms with Gasteiger partial charge >= 0.3 is 0 Å². The minimum absolute atomic E-state index is 0.647. The Balaban J connectivity index is 1.82. The van der Waals surface area contributed by atoms with Gasteiger partial charge in [0.15, 0.2) is 0 Å². The van der Waals surface area contributed by atoms with E-state index in [1.54, 1.807) is 0 Å². The van der Waals surface area contributed by atoms with Gasteiger partial charge in [0, 0.05) is 24.2 Å². The number of hydrogen-bond acceptors (Lipinski definition) is 2. The number of nitrogens with one attached hydrogen (secondary N) is 1. The van der Waals surface area contributed by atoms with Gasteiger partial charge in [0.25, 0.3) is 0 Å². The molecular formula is C13H15ClN2. The number of aromatic nitrogens is 1. The minimum atomic E-state index is 0.647. The predicted molar refractivity (Wildman–Crippen MR) is 63.7 cm³/mol. The highest BCUT2D eigenvalue weighted by molar-refractivity contribution is 6.29. The average molecular weight is 235 g/mol. The zero-order valence-electron chi connectivity index (χ0n) is 9.12. The van der Waals surface area contributed by atoms with Crippen molar-refractivity contribution in [3.8, 4) is 0 Å². The van der Waals surface area contributed by atoms with Crippen molar-refractivity contribution in [1.29, 1.82) is 0 Å². The molecule has 1 aliphatic carbocycles. The topological polar surface area (TPSA) is 24.9 Å². The van der Waals surface area contributed by atoms with Crippen LogP contribution in [-0.4, -0.2) is 17.1 Å². The van der Waals surface area contributed by atoms with E-state index in [4.69, 9.17) is 11.6 Å². The van der Waals surface area contributed by atoms with Crippen LogP contribution in [0.5, 0.6) is 0 Å². The van der Waals surface area contributed by atoms with E-state index < -0.39 is 0 Å². The highest BCUT2D eigenvalue weighted by Crippen LogP contribution is 2.50. The molecule has 0 radical (unpaired) electrons. The van der Waals surface area contributed by atoms with Crippen LogP contribution >= 0.6 is 11.6 Å². The van der Waals surface area contributed by atoms with Gasteiger partial charge in [0.2, 0.25) is 0 Å². The van der Waals surface area contributed by atoms with E-state index in [-0.39, 0.29) is 0 Å². The molecule has 3 heteroatoms. The number of aryl methyl sites for hydroxylation is 1. The molecule has 3 aliphatic rings. The first-order chi connectivity index (χ1) is 7.83. The fourth-order valence-corrected chi connectivity index (χ4v) is 4.30. The number of pyridine rings is 1. The number of nitrogens with zero attached hydrogens (tertiary/aromatic N) is 1. The smallest absolute Gasteiger partial charge is 0.129 e. The lowest BCUT2D eigenvalue weighted by atomic mass is 9.69. The Hall–Kier alpha value is -0.600. The molecular weight excluding hydrogens is 220 g/mol. The van der Waals surface area contributed by atoms with Crippen LogP contribution in [0.1, 0.15) is 36.3 Å². The highest BCUT2D eigenvalue weighted by Gasteiger charge is 2.49. The number of halogens is 1. The second-order valence-electron chi connectivity index (χ2n) is 5.39. The molecule has 0 saturated carbocycles. The molecule has 1 aromatic rings. The van der Waals surface area contributed by atoms with Gasteiger partial charge in [-0.1, -0.05) is 11.6 Å². The third-order valence-electron chi connectivity index (χ3n) is 4.73. The Morgan fingerprint density at radius 2 is 2.12 bits per heavy atom. The molecule has 84 valence electrons. The van der Waals surface area contributed by atoms with Gasteiger partial charge < -0.3 is 5.32 Å². The molecule has 0 spiro atoms. The van der Waals surface area contributed by atoms with Crippen LogP contribution < -0.4 is 5.32 Å². The van der Waals surface area contributed by atoms with E-state index in [2.05, 4.69) is 16.4 Å². The number of fused-ring (bicyclic) bond motifs is 7. The van der Waals surface area contributed by atoms with E-state index in [1.807, 2.05) is 6.20 Å². The fraction of sp³-hybridized carbons (Fsp3) is 0.615. The van der Waals surface area contributed by atoms with E-state index in [9.17, 15) is 0 Å². The standard InChI is InChI=1S/C13H15ClN2/c14-12-5-7-1-2-8-10-3-4-11(16-10)13(8)9(7)6-15-12/h5-6,8,10-11,13,16H,1-4H2/t8-,10-,11+,13+/m0/s1. The zero-order chi connectivity index (χ0) is 10.7. The second kappa shape index (κ2) is 3.21. The van der Waals surface area contributed by atoms with Gasteiger partial charge in [-0.05, 0) is 48.8 Å². The molecule has 2 saturated heterocycles. The highest BCUT2D eigenvalue weighted by atomic mass is 35.5. The monoisotopic (exact) mass is 234 g/mol. The Morgan fingerprint density at radius 1 is 1.25 bits per heavy atom. The van der Waals surface area contributed by atoms with E-state index >= 15 is 0 Å². The molecule has 3 heterocycles. The molecule has 0 amide bonds. The third kappa shape index (κ3) is 1.15. The molecule has 4 atom stereocenters. The largest absolute Gasteiger partial charge is 0.310 e. The maximum atomic E-state index is 5.97. The Kier molecular flexibility index (Phi) is 1.89. The summed E-state index contributed by atoms with van der Waals surface area (Å²) >= 11 is 5.97. The van der Waals surface area contributed by atoms with Gasteiger partial charge in [-0.25, -0.2) is 4.98 Å². The molecule has 0 aromatic carbocycles. The molecule has 2 bridgehead atoms. The summed E-state index contributed by atoms with van der Waals surface area (Å²) in [5.74, 6) is 1.57. The van der Waals surface area contributed by atoms with E-state index in [0.717, 1.165) is 12.0 Å². The summed E-state index contributed by atoms with van der Waals surface area (Å²) in [5, 5.41) is 4.41. The summed E-state index contributed by atoms with van der Waals surface area (Å²) < 4.78 is 0. The van der Waals surface area contributed by atoms with Gasteiger partial charge in [0.1, 0.15) is 5.15 Å². The van der Waals surface area contributed by atoms with Crippen molar-refractivity contribution in [2.75, 3.05) is 0 Å². The fourth-order valence-electron chi connectivity index (χ4n) is 4.12. The summed E-state index contributed by atoms with van der Waals surface area (Å²) in [6.07, 6.45) is 7.25. The summed E-state index contributed by atoms with van der Waals surface area (Å²) in [7, 11) is 0. The lowest BCUT2D eigenvalue weighted by molar-refractivity contribution is 0.319. The Bertz CT molecular complexity index is 446. The van der Waals surface area contributed by atoms with Crippen molar-refractivity contribution in [3.63, 3.8) is 0 Å². The van der Waals surface area contributed by atoms with Crippen LogP contribution in [0.25, 0.3) is 0 Å². The normalized spacial score (nSPS) is 39.6. The molecule has 16 heavy (non-hydrogen) atoms. The summed E-state index contributed by atoms with van der Waals surface area (Å²) in [5.41, 5.74) is 2.91. The first-order valence-electron chi connectivity index (χ1n) is 6.23. The maximum Gasteiger partial charge on any atom is 0.129 e. The van der Waals surface area contributed by atoms with Gasteiger partial charge in [-0.3, -0.25) is 0 Å². The van der Waals surface area contributed by atoms with Crippen LogP contribution in [0.15, 0.2) is 12.3 Å². The maximum absolute atomic E-state index is 5.97. The van der Waals surface area contributed by atoms with Crippen LogP contribution in [0.4, 0.5) is 0 Å². The number of hydrogen-bond donors (Lipinski definition) is 1. The molecule has 2 aliphatic heterocycles. The van der Waals surface area contributed by atoms with Crippen molar-refractivity contribution in [2.24, 2.45) is 5.92 Å². The molecule has 0 unspecified atom stereocenters. The minimum Gasteiger partial charge on any atom is -0.310 e. The van der Waals surface area contributed by atoms with Crippen LogP contribution in [-0.2, 0) is 6.42 Å². The van der Waals surface area contributed by atoms with Crippen molar-refractivity contribution in [2.45, 2.75) is 43.7 Å². The second-order valence-corrected chi connectivity index (χ2v) is 5.78. The van der Waals surface area contributed by atoms with Crippen molar-refractivity contribution in [3.05, 3.63) is 28.5 Å². The number of rotatable bonds is 0. The predicted octanol–water partition coefficient (Wildman–Crippen LogP) is 2.52. The summed E-state index contributed by atoms with van der Waals surface area (Å²) in [4.78, 5) is 4.27.